The topological polar surface area (TPSA) is 54.8 Å². The highest BCUT2D eigenvalue weighted by Crippen LogP contribution is 2.17. The molecule has 1 atom stereocenters. The Morgan fingerprint density at radius 3 is 2.30 bits per heavy atom. The Kier molecular flexibility index (Phi) is 8.18. The first-order valence-electron chi connectivity index (χ1n) is 7.23. The largest absolute Gasteiger partial charge is 0.389 e. The highest BCUT2D eigenvalue weighted by molar-refractivity contribution is 5.41. The number of ether oxygens (including phenoxy) is 2. The molecule has 1 aromatic rings. The first kappa shape index (κ1) is 16.9. The van der Waals surface area contributed by atoms with Crippen molar-refractivity contribution in [2.75, 3.05) is 44.4 Å². The van der Waals surface area contributed by atoms with Gasteiger partial charge in [-0.05, 0) is 38.5 Å². The Morgan fingerprint density at radius 1 is 1.20 bits per heavy atom. The van der Waals surface area contributed by atoms with Crippen molar-refractivity contribution in [3.63, 3.8) is 0 Å². The SMILES string of the molecule is CCOCCN(CCOCC)c1cc(C(C)O)ccn1. The summed E-state index contributed by atoms with van der Waals surface area (Å²) in [5.74, 6) is 0.850. The molecular weight excluding hydrogens is 256 g/mol. The summed E-state index contributed by atoms with van der Waals surface area (Å²) in [5.41, 5.74) is 0.868. The van der Waals surface area contributed by atoms with E-state index in [4.69, 9.17) is 9.47 Å². The molecule has 114 valence electrons. The third-order valence-electron chi connectivity index (χ3n) is 3.00. The Hall–Kier alpha value is -1.17. The van der Waals surface area contributed by atoms with E-state index in [0.717, 1.165) is 24.5 Å². The van der Waals surface area contributed by atoms with Crippen LogP contribution in [-0.2, 0) is 9.47 Å². The van der Waals surface area contributed by atoms with Crippen molar-refractivity contribution in [2.24, 2.45) is 0 Å². The molecule has 20 heavy (non-hydrogen) atoms. The number of hydrogen-bond donors (Lipinski definition) is 1. The number of anilines is 1. The van der Waals surface area contributed by atoms with E-state index < -0.39 is 6.10 Å². The maximum Gasteiger partial charge on any atom is 0.128 e. The molecule has 0 aliphatic carbocycles. The van der Waals surface area contributed by atoms with Crippen molar-refractivity contribution in [1.82, 2.24) is 4.98 Å². The van der Waals surface area contributed by atoms with Crippen LogP contribution in [0.1, 0.15) is 32.4 Å². The van der Waals surface area contributed by atoms with Gasteiger partial charge in [0.2, 0.25) is 0 Å². The van der Waals surface area contributed by atoms with Gasteiger partial charge in [0.1, 0.15) is 5.82 Å². The van der Waals surface area contributed by atoms with Gasteiger partial charge in [-0.15, -0.1) is 0 Å². The van der Waals surface area contributed by atoms with Gasteiger partial charge in [0.25, 0.3) is 0 Å². The van der Waals surface area contributed by atoms with Crippen LogP contribution in [-0.4, -0.2) is 49.6 Å². The van der Waals surface area contributed by atoms with Crippen molar-refractivity contribution >= 4 is 5.82 Å². The zero-order valence-electron chi connectivity index (χ0n) is 12.7. The zero-order chi connectivity index (χ0) is 14.8. The van der Waals surface area contributed by atoms with Crippen LogP contribution in [0.2, 0.25) is 0 Å². The third kappa shape index (κ3) is 5.86. The monoisotopic (exact) mass is 282 g/mol. The molecule has 0 bridgehead atoms. The molecule has 0 spiro atoms. The Balaban J connectivity index is 2.71. The molecule has 0 radical (unpaired) electrons. The first-order valence-corrected chi connectivity index (χ1v) is 7.23. The van der Waals surface area contributed by atoms with Crippen LogP contribution >= 0.6 is 0 Å². The Morgan fingerprint density at radius 2 is 1.80 bits per heavy atom. The normalized spacial score (nSPS) is 12.4. The second kappa shape index (κ2) is 9.69. The van der Waals surface area contributed by atoms with Crippen LogP contribution in [0.5, 0.6) is 0 Å². The van der Waals surface area contributed by atoms with Crippen molar-refractivity contribution in [1.29, 1.82) is 0 Å². The number of aliphatic hydroxyl groups is 1. The highest BCUT2D eigenvalue weighted by Gasteiger charge is 2.10. The molecule has 0 aliphatic heterocycles. The zero-order valence-corrected chi connectivity index (χ0v) is 12.7. The number of rotatable bonds is 10. The molecule has 0 saturated carbocycles. The van der Waals surface area contributed by atoms with Gasteiger partial charge in [-0.3, -0.25) is 0 Å². The molecule has 1 rings (SSSR count). The van der Waals surface area contributed by atoms with Crippen molar-refractivity contribution in [3.05, 3.63) is 23.9 Å². The van der Waals surface area contributed by atoms with Gasteiger partial charge >= 0.3 is 0 Å². The summed E-state index contributed by atoms with van der Waals surface area (Å²) in [5, 5.41) is 9.66. The summed E-state index contributed by atoms with van der Waals surface area (Å²) < 4.78 is 10.8. The van der Waals surface area contributed by atoms with Gasteiger partial charge in [-0.1, -0.05) is 0 Å². The van der Waals surface area contributed by atoms with Crippen LogP contribution < -0.4 is 4.90 Å². The fourth-order valence-electron chi connectivity index (χ4n) is 1.85. The van der Waals surface area contributed by atoms with Crippen LogP contribution in [0.25, 0.3) is 0 Å². The fraction of sp³-hybridized carbons (Fsp3) is 0.667. The van der Waals surface area contributed by atoms with E-state index in [0.29, 0.717) is 26.4 Å². The van der Waals surface area contributed by atoms with E-state index >= 15 is 0 Å². The molecule has 1 N–H and O–H groups in total. The Labute approximate surface area is 121 Å². The van der Waals surface area contributed by atoms with Gasteiger partial charge in [0, 0.05) is 32.5 Å². The van der Waals surface area contributed by atoms with Crippen molar-refractivity contribution in [2.45, 2.75) is 26.9 Å². The number of aliphatic hydroxyl groups excluding tert-OH is 1. The highest BCUT2D eigenvalue weighted by atomic mass is 16.5. The minimum Gasteiger partial charge on any atom is -0.389 e. The minimum atomic E-state index is -0.489. The lowest BCUT2D eigenvalue weighted by Gasteiger charge is -2.24. The summed E-state index contributed by atoms with van der Waals surface area (Å²) in [6.07, 6.45) is 1.24. The molecule has 5 nitrogen and oxygen atoms in total. The lowest BCUT2D eigenvalue weighted by atomic mass is 10.1. The third-order valence-corrected chi connectivity index (χ3v) is 3.00. The van der Waals surface area contributed by atoms with Crippen molar-refractivity contribution in [3.8, 4) is 0 Å². The smallest absolute Gasteiger partial charge is 0.128 e. The number of pyridine rings is 1. The van der Waals surface area contributed by atoms with Crippen LogP contribution in [0.3, 0.4) is 0 Å². The van der Waals surface area contributed by atoms with E-state index in [1.54, 1.807) is 13.1 Å². The van der Waals surface area contributed by atoms with Crippen LogP contribution in [0.4, 0.5) is 5.82 Å². The lowest BCUT2D eigenvalue weighted by Crippen LogP contribution is -2.32. The molecular formula is C15H26N2O3. The van der Waals surface area contributed by atoms with E-state index in [9.17, 15) is 5.11 Å². The summed E-state index contributed by atoms with van der Waals surface area (Å²) in [6.45, 7) is 9.97. The lowest BCUT2D eigenvalue weighted by molar-refractivity contribution is 0.141. The molecule has 1 heterocycles. The summed E-state index contributed by atoms with van der Waals surface area (Å²) in [7, 11) is 0. The molecule has 0 amide bonds. The van der Waals surface area contributed by atoms with Crippen LogP contribution in [0.15, 0.2) is 18.3 Å². The maximum atomic E-state index is 9.66. The fourth-order valence-corrected chi connectivity index (χ4v) is 1.85. The van der Waals surface area contributed by atoms with E-state index in [-0.39, 0.29) is 0 Å². The van der Waals surface area contributed by atoms with Crippen molar-refractivity contribution < 1.29 is 14.6 Å². The average Bonchev–Trinajstić information content (AvgIpc) is 2.46. The van der Waals surface area contributed by atoms with Gasteiger partial charge < -0.3 is 19.5 Å². The summed E-state index contributed by atoms with van der Waals surface area (Å²) in [6, 6.07) is 3.75. The molecule has 1 aromatic heterocycles. The quantitative estimate of drug-likeness (QED) is 0.665. The van der Waals surface area contributed by atoms with Gasteiger partial charge in [0.05, 0.1) is 19.3 Å². The van der Waals surface area contributed by atoms with E-state index in [1.807, 2.05) is 26.0 Å². The van der Waals surface area contributed by atoms with E-state index in [2.05, 4.69) is 9.88 Å². The second-order valence-corrected chi connectivity index (χ2v) is 4.50. The minimum absolute atomic E-state index is 0.489. The molecule has 0 saturated heterocycles. The molecule has 0 aromatic carbocycles. The molecule has 0 aliphatic rings. The number of nitrogens with zero attached hydrogens (tertiary/aromatic N) is 2. The molecule has 5 heteroatoms. The van der Waals surface area contributed by atoms with Gasteiger partial charge in [0.15, 0.2) is 0 Å². The maximum absolute atomic E-state index is 9.66. The molecule has 1 unspecified atom stereocenters. The second-order valence-electron chi connectivity index (χ2n) is 4.50. The predicted octanol–water partition coefficient (Wildman–Crippen LogP) is 2.01. The Bertz CT molecular complexity index is 362. The average molecular weight is 282 g/mol. The molecule has 0 fully saturated rings. The number of aromatic nitrogens is 1. The number of hydrogen-bond acceptors (Lipinski definition) is 5. The summed E-state index contributed by atoms with van der Waals surface area (Å²) in [4.78, 5) is 6.51. The van der Waals surface area contributed by atoms with Gasteiger partial charge in [-0.2, -0.15) is 0 Å². The first-order chi connectivity index (χ1) is 9.69. The summed E-state index contributed by atoms with van der Waals surface area (Å²) >= 11 is 0. The van der Waals surface area contributed by atoms with E-state index in [1.165, 1.54) is 0 Å². The van der Waals surface area contributed by atoms with Gasteiger partial charge in [-0.25, -0.2) is 4.98 Å². The standard InChI is InChI=1S/C15H26N2O3/c1-4-19-10-8-17(9-11-20-5-2)15-12-14(13(3)18)6-7-16-15/h6-7,12-13,18H,4-5,8-11H2,1-3H3. The predicted molar refractivity (Wildman–Crippen MR) is 80.1 cm³/mol. The van der Waals surface area contributed by atoms with Crippen LogP contribution in [0, 0.1) is 0 Å².